The zero-order valence-corrected chi connectivity index (χ0v) is 10.9. The second-order valence-corrected chi connectivity index (χ2v) is 4.90. The molecule has 2 aromatic rings. The number of non-ortho nitro benzene ring substituents is 1. The topological polar surface area (TPSA) is 68.9 Å². The van der Waals surface area contributed by atoms with Gasteiger partial charge in [0.25, 0.3) is 5.69 Å². The van der Waals surface area contributed by atoms with E-state index in [0.29, 0.717) is 5.03 Å². The first-order valence-corrected chi connectivity index (χ1v) is 6.17. The number of hydrogen-bond donors (Lipinski definition) is 0. The summed E-state index contributed by atoms with van der Waals surface area (Å²) >= 11 is 7.14. The van der Waals surface area contributed by atoms with Crippen LogP contribution in [-0.2, 0) is 0 Å². The van der Waals surface area contributed by atoms with Gasteiger partial charge in [-0.2, -0.15) is 0 Å². The first-order valence-electron chi connectivity index (χ1n) is 4.98. The van der Waals surface area contributed by atoms with Gasteiger partial charge >= 0.3 is 0 Å². The molecule has 0 spiro atoms. The molecule has 7 heteroatoms. The predicted octanol–water partition coefficient (Wildman–Crippen LogP) is 3.50. The molecule has 2 rings (SSSR count). The minimum atomic E-state index is -0.430. The first-order chi connectivity index (χ1) is 8.54. The van der Waals surface area contributed by atoms with Crippen molar-refractivity contribution >= 4 is 29.1 Å². The number of halogens is 1. The summed E-state index contributed by atoms with van der Waals surface area (Å²) in [6.45, 7) is 1.83. The van der Waals surface area contributed by atoms with Crippen molar-refractivity contribution in [3.8, 4) is 0 Å². The van der Waals surface area contributed by atoms with Crippen LogP contribution in [0.15, 0.2) is 40.3 Å². The van der Waals surface area contributed by atoms with E-state index in [-0.39, 0.29) is 11.0 Å². The monoisotopic (exact) mass is 281 g/mol. The van der Waals surface area contributed by atoms with Crippen LogP contribution >= 0.6 is 23.4 Å². The summed E-state index contributed by atoms with van der Waals surface area (Å²) in [7, 11) is 0. The molecule has 1 heterocycles. The number of nitrogens with zero attached hydrogens (tertiary/aromatic N) is 3. The summed E-state index contributed by atoms with van der Waals surface area (Å²) < 4.78 is 0. The van der Waals surface area contributed by atoms with E-state index in [1.165, 1.54) is 23.9 Å². The van der Waals surface area contributed by atoms with E-state index in [1.807, 2.05) is 6.92 Å². The number of hydrogen-bond acceptors (Lipinski definition) is 5. The largest absolute Gasteiger partial charge is 0.269 e. The fourth-order valence-corrected chi connectivity index (χ4v) is 2.46. The van der Waals surface area contributed by atoms with Crippen LogP contribution in [0.4, 0.5) is 5.69 Å². The van der Waals surface area contributed by atoms with E-state index in [1.54, 1.807) is 18.2 Å². The molecule has 0 atom stereocenters. The van der Waals surface area contributed by atoms with Gasteiger partial charge in [0.15, 0.2) is 0 Å². The predicted molar refractivity (Wildman–Crippen MR) is 69.0 cm³/mol. The third kappa shape index (κ3) is 3.18. The lowest BCUT2D eigenvalue weighted by Gasteiger charge is -2.02. The fourth-order valence-electron chi connectivity index (χ4n) is 1.31. The van der Waals surface area contributed by atoms with Crippen molar-refractivity contribution in [3.63, 3.8) is 0 Å². The van der Waals surface area contributed by atoms with Crippen LogP contribution in [0.25, 0.3) is 0 Å². The van der Waals surface area contributed by atoms with Crippen LogP contribution in [0.1, 0.15) is 5.69 Å². The molecule has 1 aromatic carbocycles. The average Bonchev–Trinajstić information content (AvgIpc) is 2.28. The molecule has 0 radical (unpaired) electrons. The van der Waals surface area contributed by atoms with Gasteiger partial charge in [0.2, 0.25) is 5.28 Å². The number of nitro benzene ring substituents is 1. The van der Waals surface area contributed by atoms with E-state index >= 15 is 0 Å². The summed E-state index contributed by atoms with van der Waals surface area (Å²) in [6.07, 6.45) is 0. The number of aryl methyl sites for hydroxylation is 1. The van der Waals surface area contributed by atoms with Crippen LogP contribution in [-0.4, -0.2) is 14.9 Å². The van der Waals surface area contributed by atoms with Crippen molar-refractivity contribution < 1.29 is 4.92 Å². The second kappa shape index (κ2) is 5.32. The molecule has 0 N–H and O–H groups in total. The Morgan fingerprint density at radius 2 is 1.94 bits per heavy atom. The lowest BCUT2D eigenvalue weighted by Crippen LogP contribution is -1.89. The summed E-state index contributed by atoms with van der Waals surface area (Å²) in [5.41, 5.74) is 0.843. The van der Waals surface area contributed by atoms with Gasteiger partial charge < -0.3 is 0 Å². The summed E-state index contributed by atoms with van der Waals surface area (Å²) in [5, 5.41) is 11.4. The van der Waals surface area contributed by atoms with E-state index in [2.05, 4.69) is 9.97 Å². The molecular weight excluding hydrogens is 274 g/mol. The molecular formula is C11H8ClN3O2S. The van der Waals surface area contributed by atoms with Gasteiger partial charge in [0.05, 0.1) is 4.92 Å². The molecule has 0 saturated heterocycles. The first kappa shape index (κ1) is 12.8. The van der Waals surface area contributed by atoms with E-state index in [9.17, 15) is 10.1 Å². The van der Waals surface area contributed by atoms with Crippen LogP contribution in [0.3, 0.4) is 0 Å². The Hall–Kier alpha value is -1.66. The quantitative estimate of drug-likeness (QED) is 0.373. The highest BCUT2D eigenvalue weighted by Gasteiger charge is 2.06. The third-order valence-corrected chi connectivity index (χ3v) is 3.17. The highest BCUT2D eigenvalue weighted by Crippen LogP contribution is 2.28. The van der Waals surface area contributed by atoms with Crippen molar-refractivity contribution in [2.24, 2.45) is 0 Å². The van der Waals surface area contributed by atoms with E-state index in [0.717, 1.165) is 10.6 Å². The number of benzene rings is 1. The molecule has 0 aliphatic heterocycles. The minimum absolute atomic E-state index is 0.0660. The summed E-state index contributed by atoms with van der Waals surface area (Å²) in [5.74, 6) is 0. The molecule has 0 aliphatic carbocycles. The van der Waals surface area contributed by atoms with Crippen LogP contribution in [0.5, 0.6) is 0 Å². The van der Waals surface area contributed by atoms with Gasteiger partial charge in [-0.3, -0.25) is 10.1 Å². The van der Waals surface area contributed by atoms with Crippen molar-refractivity contribution in [1.82, 2.24) is 9.97 Å². The van der Waals surface area contributed by atoms with Crippen LogP contribution in [0, 0.1) is 17.0 Å². The smallest absolute Gasteiger partial charge is 0.258 e. The van der Waals surface area contributed by atoms with Crippen LogP contribution < -0.4 is 0 Å². The van der Waals surface area contributed by atoms with Gasteiger partial charge in [-0.25, -0.2) is 9.97 Å². The standard InChI is InChI=1S/C11H8ClN3O2S/c1-7-6-10(14-11(12)13-7)18-9-4-2-8(3-5-9)15(16)17/h2-6H,1H3. The van der Waals surface area contributed by atoms with Gasteiger partial charge in [-0.1, -0.05) is 11.8 Å². The molecule has 0 aliphatic rings. The van der Waals surface area contributed by atoms with Gasteiger partial charge in [-0.15, -0.1) is 0 Å². The molecule has 5 nitrogen and oxygen atoms in total. The Morgan fingerprint density at radius 3 is 2.50 bits per heavy atom. The lowest BCUT2D eigenvalue weighted by atomic mass is 10.3. The third-order valence-electron chi connectivity index (χ3n) is 2.07. The van der Waals surface area contributed by atoms with Crippen molar-refractivity contribution in [1.29, 1.82) is 0 Å². The molecule has 0 unspecified atom stereocenters. The lowest BCUT2D eigenvalue weighted by molar-refractivity contribution is -0.384. The zero-order valence-electron chi connectivity index (χ0n) is 9.33. The van der Waals surface area contributed by atoms with E-state index in [4.69, 9.17) is 11.6 Å². The second-order valence-electron chi connectivity index (χ2n) is 3.47. The molecule has 0 bridgehead atoms. The average molecular weight is 282 g/mol. The Balaban J connectivity index is 2.20. The molecule has 0 fully saturated rings. The fraction of sp³-hybridized carbons (Fsp3) is 0.0909. The molecule has 1 aromatic heterocycles. The normalized spacial score (nSPS) is 10.3. The number of rotatable bonds is 3. The highest BCUT2D eigenvalue weighted by atomic mass is 35.5. The Bertz CT molecular complexity index is 569. The van der Waals surface area contributed by atoms with Crippen molar-refractivity contribution in [2.45, 2.75) is 16.8 Å². The zero-order chi connectivity index (χ0) is 13.1. The van der Waals surface area contributed by atoms with Gasteiger partial charge in [-0.05, 0) is 36.7 Å². The van der Waals surface area contributed by atoms with Crippen molar-refractivity contribution in [3.05, 3.63) is 51.4 Å². The number of aromatic nitrogens is 2. The maximum Gasteiger partial charge on any atom is 0.269 e. The molecule has 92 valence electrons. The van der Waals surface area contributed by atoms with E-state index < -0.39 is 4.92 Å². The Kier molecular flexibility index (Phi) is 3.78. The maximum absolute atomic E-state index is 10.5. The SMILES string of the molecule is Cc1cc(Sc2ccc([N+](=O)[O-])cc2)nc(Cl)n1. The summed E-state index contributed by atoms with van der Waals surface area (Å²) in [4.78, 5) is 19.0. The molecule has 0 saturated carbocycles. The van der Waals surface area contributed by atoms with Crippen LogP contribution in [0.2, 0.25) is 5.28 Å². The summed E-state index contributed by atoms with van der Waals surface area (Å²) in [6, 6.07) is 8.07. The van der Waals surface area contributed by atoms with Crippen molar-refractivity contribution in [2.75, 3.05) is 0 Å². The molecule has 0 amide bonds. The van der Waals surface area contributed by atoms with Gasteiger partial charge in [0, 0.05) is 22.7 Å². The number of nitro groups is 1. The molecule has 18 heavy (non-hydrogen) atoms. The maximum atomic E-state index is 10.5. The Labute approximate surface area is 112 Å². The highest BCUT2D eigenvalue weighted by molar-refractivity contribution is 7.99. The minimum Gasteiger partial charge on any atom is -0.258 e. The van der Waals surface area contributed by atoms with Gasteiger partial charge in [0.1, 0.15) is 5.03 Å². The Morgan fingerprint density at radius 1 is 1.28 bits per heavy atom.